The van der Waals surface area contributed by atoms with E-state index in [1.54, 1.807) is 0 Å². The Kier molecular flexibility index (Phi) is 4.97. The van der Waals surface area contributed by atoms with Gasteiger partial charge in [-0.05, 0) is 37.1 Å². The van der Waals surface area contributed by atoms with Gasteiger partial charge in [-0.1, -0.05) is 38.1 Å². The molecule has 1 saturated heterocycles. The maximum atomic E-state index is 11.7. The van der Waals surface area contributed by atoms with Crippen LogP contribution in [0, 0.1) is 5.92 Å². The van der Waals surface area contributed by atoms with Crippen molar-refractivity contribution >= 4 is 5.91 Å². The van der Waals surface area contributed by atoms with E-state index in [0.717, 1.165) is 6.54 Å². The Bertz CT molecular complexity index is 423. The van der Waals surface area contributed by atoms with Crippen molar-refractivity contribution in [2.45, 2.75) is 39.8 Å². The average Bonchev–Trinajstić information content (AvgIpc) is 2.90. The lowest BCUT2D eigenvalue weighted by Crippen LogP contribution is -2.28. The van der Waals surface area contributed by atoms with Crippen LogP contribution >= 0.6 is 0 Å². The van der Waals surface area contributed by atoms with E-state index in [0.29, 0.717) is 6.54 Å². The minimum Gasteiger partial charge on any atom is -0.352 e. The van der Waals surface area contributed by atoms with Crippen LogP contribution in [0.5, 0.6) is 0 Å². The fraction of sp³-hybridized carbons (Fsp3) is 0.562. The lowest BCUT2D eigenvalue weighted by molar-refractivity contribution is -0.124. The van der Waals surface area contributed by atoms with Crippen LogP contribution in [0.3, 0.4) is 0 Å². The lowest BCUT2D eigenvalue weighted by Gasteiger charge is -2.18. The van der Waals surface area contributed by atoms with E-state index in [1.807, 2.05) is 19.9 Å². The van der Waals surface area contributed by atoms with Crippen LogP contribution in [0.1, 0.15) is 37.8 Å². The summed E-state index contributed by atoms with van der Waals surface area (Å²) in [5, 5.41) is 3.01. The molecule has 3 heteroatoms. The summed E-state index contributed by atoms with van der Waals surface area (Å²) in [6.45, 7) is 7.89. The second-order valence-electron chi connectivity index (χ2n) is 5.62. The molecule has 2 rings (SSSR count). The number of nitrogens with zero attached hydrogens (tertiary/aromatic N) is 1. The van der Waals surface area contributed by atoms with Crippen LogP contribution in [-0.2, 0) is 17.9 Å². The zero-order valence-corrected chi connectivity index (χ0v) is 12.0. The van der Waals surface area contributed by atoms with Crippen molar-refractivity contribution in [2.24, 2.45) is 5.92 Å². The molecule has 0 aromatic heterocycles. The van der Waals surface area contributed by atoms with E-state index < -0.39 is 0 Å². The smallest absolute Gasteiger partial charge is 0.222 e. The van der Waals surface area contributed by atoms with Gasteiger partial charge in [-0.25, -0.2) is 0 Å². The zero-order valence-electron chi connectivity index (χ0n) is 12.0. The van der Waals surface area contributed by atoms with E-state index >= 15 is 0 Å². The molecule has 1 amide bonds. The molecule has 1 aromatic rings. The molecule has 3 nitrogen and oxygen atoms in total. The number of amides is 1. The Morgan fingerprint density at radius 3 is 2.47 bits per heavy atom. The highest BCUT2D eigenvalue weighted by Gasteiger charge is 2.14. The summed E-state index contributed by atoms with van der Waals surface area (Å²) in [6, 6.07) is 8.42. The number of carbonyl (C=O) groups is 1. The Labute approximate surface area is 116 Å². The molecule has 1 heterocycles. The van der Waals surface area contributed by atoms with Gasteiger partial charge in [-0.2, -0.15) is 0 Å². The van der Waals surface area contributed by atoms with Crippen molar-refractivity contribution in [1.29, 1.82) is 0 Å². The summed E-state index contributed by atoms with van der Waals surface area (Å²) < 4.78 is 0. The van der Waals surface area contributed by atoms with E-state index in [4.69, 9.17) is 0 Å². The second-order valence-corrected chi connectivity index (χ2v) is 5.62. The molecule has 1 N–H and O–H groups in total. The molecule has 0 radical (unpaired) electrons. The normalized spacial score (nSPS) is 15.9. The number of hydrogen-bond acceptors (Lipinski definition) is 2. The first-order valence-electron chi connectivity index (χ1n) is 7.23. The third-order valence-corrected chi connectivity index (χ3v) is 3.69. The third-order valence-electron chi connectivity index (χ3n) is 3.69. The van der Waals surface area contributed by atoms with Crippen molar-refractivity contribution in [3.05, 3.63) is 35.4 Å². The number of likely N-dealkylation sites (tertiary alicyclic amines) is 1. The van der Waals surface area contributed by atoms with Crippen LogP contribution in [-0.4, -0.2) is 23.9 Å². The first kappa shape index (κ1) is 14.1. The summed E-state index contributed by atoms with van der Waals surface area (Å²) in [4.78, 5) is 14.1. The molecular weight excluding hydrogens is 236 g/mol. The summed E-state index contributed by atoms with van der Waals surface area (Å²) in [7, 11) is 0. The molecule has 19 heavy (non-hydrogen) atoms. The maximum absolute atomic E-state index is 11.7. The molecule has 1 aromatic carbocycles. The van der Waals surface area contributed by atoms with Gasteiger partial charge in [0, 0.05) is 19.0 Å². The van der Waals surface area contributed by atoms with Crippen LogP contribution in [0.25, 0.3) is 0 Å². The van der Waals surface area contributed by atoms with Gasteiger partial charge in [0.05, 0.1) is 0 Å². The van der Waals surface area contributed by atoms with Gasteiger partial charge in [0.25, 0.3) is 0 Å². The van der Waals surface area contributed by atoms with Crippen LogP contribution in [0.2, 0.25) is 0 Å². The maximum Gasteiger partial charge on any atom is 0.222 e. The Morgan fingerprint density at radius 2 is 1.84 bits per heavy atom. The highest BCUT2D eigenvalue weighted by molar-refractivity contribution is 5.77. The van der Waals surface area contributed by atoms with E-state index in [-0.39, 0.29) is 11.8 Å². The predicted octanol–water partition coefficient (Wildman–Crippen LogP) is 2.55. The highest BCUT2D eigenvalue weighted by Crippen LogP contribution is 2.16. The van der Waals surface area contributed by atoms with Gasteiger partial charge < -0.3 is 5.32 Å². The van der Waals surface area contributed by atoms with Crippen molar-refractivity contribution in [3.63, 3.8) is 0 Å². The van der Waals surface area contributed by atoms with Crippen LogP contribution in [0.4, 0.5) is 0 Å². The van der Waals surface area contributed by atoms with E-state index in [9.17, 15) is 4.79 Å². The van der Waals surface area contributed by atoms with Gasteiger partial charge in [0.2, 0.25) is 5.91 Å². The van der Waals surface area contributed by atoms with Crippen LogP contribution < -0.4 is 5.32 Å². The lowest BCUT2D eigenvalue weighted by atomic mass is 10.1. The summed E-state index contributed by atoms with van der Waals surface area (Å²) in [5.41, 5.74) is 2.58. The third kappa shape index (κ3) is 4.06. The molecule has 0 unspecified atom stereocenters. The first-order valence-corrected chi connectivity index (χ1v) is 7.23. The number of rotatable bonds is 5. The van der Waals surface area contributed by atoms with Crippen LogP contribution in [0.15, 0.2) is 24.3 Å². The summed E-state index contributed by atoms with van der Waals surface area (Å²) in [6.07, 6.45) is 2.62. The highest BCUT2D eigenvalue weighted by atomic mass is 16.1. The fourth-order valence-electron chi connectivity index (χ4n) is 2.45. The minimum atomic E-state index is 0.0470. The van der Waals surface area contributed by atoms with Crippen molar-refractivity contribution in [1.82, 2.24) is 10.2 Å². The largest absolute Gasteiger partial charge is 0.352 e. The second kappa shape index (κ2) is 6.71. The SMILES string of the molecule is CC(C)C(=O)NCc1ccccc1CN1CCCC1. The Balaban J connectivity index is 1.97. The fourth-order valence-corrected chi connectivity index (χ4v) is 2.45. The Hall–Kier alpha value is -1.35. The van der Waals surface area contributed by atoms with Gasteiger partial charge in [-0.15, -0.1) is 0 Å². The molecular formula is C16H24N2O. The van der Waals surface area contributed by atoms with Crippen molar-refractivity contribution in [3.8, 4) is 0 Å². The molecule has 104 valence electrons. The van der Waals surface area contributed by atoms with Crippen molar-refractivity contribution in [2.75, 3.05) is 13.1 Å². The molecule has 1 aliphatic rings. The quantitative estimate of drug-likeness (QED) is 0.882. The summed E-state index contributed by atoms with van der Waals surface area (Å²) >= 11 is 0. The zero-order chi connectivity index (χ0) is 13.7. The average molecular weight is 260 g/mol. The van der Waals surface area contributed by atoms with Gasteiger partial charge in [-0.3, -0.25) is 9.69 Å². The molecule has 0 saturated carbocycles. The number of benzene rings is 1. The van der Waals surface area contributed by atoms with E-state index in [2.05, 4.69) is 28.4 Å². The summed E-state index contributed by atoms with van der Waals surface area (Å²) in [5.74, 6) is 0.168. The Morgan fingerprint density at radius 1 is 1.21 bits per heavy atom. The minimum absolute atomic E-state index is 0.0470. The molecule has 0 spiro atoms. The number of carbonyl (C=O) groups excluding carboxylic acids is 1. The topological polar surface area (TPSA) is 32.3 Å². The number of hydrogen-bond donors (Lipinski definition) is 1. The van der Waals surface area contributed by atoms with E-state index in [1.165, 1.54) is 37.1 Å². The first-order chi connectivity index (χ1) is 9.16. The monoisotopic (exact) mass is 260 g/mol. The molecule has 0 aliphatic carbocycles. The van der Waals surface area contributed by atoms with Crippen molar-refractivity contribution < 1.29 is 4.79 Å². The molecule has 1 aliphatic heterocycles. The van der Waals surface area contributed by atoms with Gasteiger partial charge in [0.15, 0.2) is 0 Å². The predicted molar refractivity (Wildman–Crippen MR) is 77.6 cm³/mol. The number of nitrogens with one attached hydrogen (secondary N) is 1. The van der Waals surface area contributed by atoms with Gasteiger partial charge >= 0.3 is 0 Å². The standard InChI is InChI=1S/C16H24N2O/c1-13(2)16(19)17-11-14-7-3-4-8-15(14)12-18-9-5-6-10-18/h3-4,7-8,13H,5-6,9-12H2,1-2H3,(H,17,19). The van der Waals surface area contributed by atoms with Gasteiger partial charge in [0.1, 0.15) is 0 Å². The molecule has 0 atom stereocenters. The molecule has 0 bridgehead atoms. The molecule has 1 fully saturated rings.